The van der Waals surface area contributed by atoms with Crippen LogP contribution in [0.2, 0.25) is 0 Å². The molecule has 0 aliphatic carbocycles. The van der Waals surface area contributed by atoms with Crippen molar-refractivity contribution >= 4 is 23.0 Å². The highest BCUT2D eigenvalue weighted by Gasteiger charge is 2.46. The number of rotatable bonds is 5. The van der Waals surface area contributed by atoms with Crippen molar-refractivity contribution in [1.29, 1.82) is 0 Å². The van der Waals surface area contributed by atoms with Crippen LogP contribution in [0.5, 0.6) is 0 Å². The molecule has 3 aromatic rings. The van der Waals surface area contributed by atoms with Crippen molar-refractivity contribution in [2.24, 2.45) is 5.92 Å². The minimum Gasteiger partial charge on any atom is -0.461 e. The summed E-state index contributed by atoms with van der Waals surface area (Å²) in [6.07, 6.45) is 2.82. The van der Waals surface area contributed by atoms with E-state index < -0.39 is 17.7 Å². The fourth-order valence-corrected chi connectivity index (χ4v) is 4.75. The standard InChI is InChI=1S/C25H32N4O4/c1-14(2)20(28-24(31)32-6)22(30)29-11-7-10-25(29,5)23-26-13-19(27-23)17-9-8-15(3)18-12-16(4)33-21(17)18/h8-9,12-14,20H,7,10-11H2,1-6H3,(H,26,27)(H,28,31)/t20-,25-/m0/s1. The van der Waals surface area contributed by atoms with Gasteiger partial charge in [-0.1, -0.05) is 19.9 Å². The third kappa shape index (κ3) is 3.98. The Labute approximate surface area is 193 Å². The van der Waals surface area contributed by atoms with Gasteiger partial charge in [-0.25, -0.2) is 9.78 Å². The largest absolute Gasteiger partial charge is 0.461 e. The lowest BCUT2D eigenvalue weighted by atomic mass is 9.95. The van der Waals surface area contributed by atoms with E-state index in [1.807, 2.05) is 44.7 Å². The first-order valence-corrected chi connectivity index (χ1v) is 11.4. The zero-order valence-corrected chi connectivity index (χ0v) is 20.1. The molecule has 1 fully saturated rings. The number of benzene rings is 1. The van der Waals surface area contributed by atoms with E-state index in [-0.39, 0.29) is 11.8 Å². The molecule has 1 aromatic carbocycles. The molecule has 1 saturated heterocycles. The van der Waals surface area contributed by atoms with Crippen molar-refractivity contribution in [2.75, 3.05) is 13.7 Å². The number of aromatic nitrogens is 2. The van der Waals surface area contributed by atoms with E-state index >= 15 is 0 Å². The second-order valence-corrected chi connectivity index (χ2v) is 9.40. The predicted octanol–water partition coefficient (Wildman–Crippen LogP) is 4.66. The summed E-state index contributed by atoms with van der Waals surface area (Å²) in [6, 6.07) is 5.48. The lowest BCUT2D eigenvalue weighted by Gasteiger charge is -2.37. The number of fused-ring (bicyclic) bond motifs is 1. The van der Waals surface area contributed by atoms with Gasteiger partial charge in [0.15, 0.2) is 0 Å². The number of H-pyrrole nitrogens is 1. The van der Waals surface area contributed by atoms with Crippen LogP contribution in [0.1, 0.15) is 50.8 Å². The van der Waals surface area contributed by atoms with Crippen LogP contribution < -0.4 is 5.32 Å². The molecule has 0 saturated carbocycles. The van der Waals surface area contributed by atoms with Crippen molar-refractivity contribution in [1.82, 2.24) is 20.2 Å². The number of ether oxygens (including phenoxy) is 1. The van der Waals surface area contributed by atoms with Crippen molar-refractivity contribution < 1.29 is 18.7 Å². The summed E-state index contributed by atoms with van der Waals surface area (Å²) in [5.41, 5.74) is 3.16. The molecule has 0 radical (unpaired) electrons. The van der Waals surface area contributed by atoms with Crippen molar-refractivity contribution in [3.8, 4) is 11.3 Å². The van der Waals surface area contributed by atoms with Crippen LogP contribution in [0.25, 0.3) is 22.2 Å². The van der Waals surface area contributed by atoms with Gasteiger partial charge in [-0.3, -0.25) is 4.79 Å². The molecule has 8 heteroatoms. The van der Waals surface area contributed by atoms with Crippen LogP contribution in [0.3, 0.4) is 0 Å². The lowest BCUT2D eigenvalue weighted by Crippen LogP contribution is -2.55. The Morgan fingerprint density at radius 1 is 1.30 bits per heavy atom. The number of carbonyl (C=O) groups is 2. The summed E-state index contributed by atoms with van der Waals surface area (Å²) < 4.78 is 10.7. The molecular formula is C25H32N4O4. The molecule has 0 bridgehead atoms. The van der Waals surface area contributed by atoms with E-state index in [9.17, 15) is 9.59 Å². The molecule has 2 N–H and O–H groups in total. The third-order valence-electron chi connectivity index (χ3n) is 6.70. The molecule has 176 valence electrons. The monoisotopic (exact) mass is 452 g/mol. The summed E-state index contributed by atoms with van der Waals surface area (Å²) in [4.78, 5) is 35.3. The van der Waals surface area contributed by atoms with Crippen LogP contribution in [-0.2, 0) is 15.1 Å². The molecule has 8 nitrogen and oxygen atoms in total. The van der Waals surface area contributed by atoms with E-state index in [2.05, 4.69) is 23.3 Å². The zero-order valence-electron chi connectivity index (χ0n) is 20.1. The summed E-state index contributed by atoms with van der Waals surface area (Å²) >= 11 is 0. The molecule has 2 aromatic heterocycles. The normalized spacial score (nSPS) is 19.3. The Morgan fingerprint density at radius 3 is 2.76 bits per heavy atom. The predicted molar refractivity (Wildman–Crippen MR) is 126 cm³/mol. The first kappa shape index (κ1) is 22.9. The number of hydrogen-bond acceptors (Lipinski definition) is 5. The summed E-state index contributed by atoms with van der Waals surface area (Å²) in [5, 5.41) is 3.78. The molecule has 2 amide bonds. The quantitative estimate of drug-likeness (QED) is 0.586. The fraction of sp³-hybridized carbons (Fsp3) is 0.480. The molecule has 33 heavy (non-hydrogen) atoms. The number of hydrogen-bond donors (Lipinski definition) is 2. The smallest absolute Gasteiger partial charge is 0.407 e. The van der Waals surface area contributed by atoms with Crippen molar-refractivity contribution in [3.05, 3.63) is 41.5 Å². The average Bonchev–Trinajstić information content (AvgIpc) is 3.50. The number of methoxy groups -OCH3 is 1. The number of aromatic amines is 1. The van der Waals surface area contributed by atoms with Gasteiger partial charge >= 0.3 is 6.09 Å². The zero-order chi connectivity index (χ0) is 23.9. The highest BCUT2D eigenvalue weighted by atomic mass is 16.5. The molecule has 2 atom stereocenters. The highest BCUT2D eigenvalue weighted by Crippen LogP contribution is 2.39. The van der Waals surface area contributed by atoms with Crippen molar-refractivity contribution in [3.63, 3.8) is 0 Å². The molecule has 3 heterocycles. The number of alkyl carbamates (subject to hydrolysis) is 1. The van der Waals surface area contributed by atoms with Crippen molar-refractivity contribution in [2.45, 2.75) is 59.0 Å². The van der Waals surface area contributed by atoms with Gasteiger partial charge in [0.1, 0.15) is 23.2 Å². The average molecular weight is 453 g/mol. The van der Waals surface area contributed by atoms with Crippen LogP contribution in [0.4, 0.5) is 4.79 Å². The Kier molecular flexibility index (Phi) is 5.95. The van der Waals surface area contributed by atoms with Gasteiger partial charge in [-0.2, -0.15) is 0 Å². The maximum absolute atomic E-state index is 13.5. The van der Waals surface area contributed by atoms with E-state index in [0.717, 1.165) is 52.2 Å². The maximum Gasteiger partial charge on any atom is 0.407 e. The maximum atomic E-state index is 13.5. The molecule has 0 spiro atoms. The Morgan fingerprint density at radius 2 is 2.06 bits per heavy atom. The molecule has 0 unspecified atom stereocenters. The topological polar surface area (TPSA) is 100 Å². The Hall–Kier alpha value is -3.29. The summed E-state index contributed by atoms with van der Waals surface area (Å²) in [7, 11) is 1.30. The van der Waals surface area contributed by atoms with Gasteiger partial charge in [0.2, 0.25) is 5.91 Å². The van der Waals surface area contributed by atoms with Crippen LogP contribution in [0, 0.1) is 19.8 Å². The van der Waals surface area contributed by atoms with Crippen LogP contribution in [-0.4, -0.2) is 46.6 Å². The van der Waals surface area contributed by atoms with Crippen LogP contribution >= 0.6 is 0 Å². The van der Waals surface area contributed by atoms with Gasteiger partial charge < -0.3 is 24.4 Å². The van der Waals surface area contributed by atoms with E-state index in [0.29, 0.717) is 6.54 Å². The highest BCUT2D eigenvalue weighted by molar-refractivity contribution is 5.94. The van der Waals surface area contributed by atoms with Gasteiger partial charge in [-0.05, 0) is 57.2 Å². The number of furan rings is 1. The molecular weight excluding hydrogens is 420 g/mol. The van der Waals surface area contributed by atoms with Gasteiger partial charge in [-0.15, -0.1) is 0 Å². The molecule has 4 rings (SSSR count). The van der Waals surface area contributed by atoms with E-state index in [4.69, 9.17) is 14.1 Å². The number of nitrogens with one attached hydrogen (secondary N) is 2. The van der Waals surface area contributed by atoms with E-state index in [1.54, 1.807) is 6.20 Å². The van der Waals surface area contributed by atoms with Crippen LogP contribution in [0.15, 0.2) is 28.8 Å². The number of nitrogens with zero attached hydrogens (tertiary/aromatic N) is 2. The molecule has 1 aliphatic heterocycles. The first-order valence-electron chi connectivity index (χ1n) is 11.4. The number of aryl methyl sites for hydroxylation is 2. The second-order valence-electron chi connectivity index (χ2n) is 9.40. The van der Waals surface area contributed by atoms with Gasteiger partial charge in [0, 0.05) is 17.5 Å². The lowest BCUT2D eigenvalue weighted by molar-refractivity contribution is -0.138. The Bertz CT molecular complexity index is 1190. The minimum absolute atomic E-state index is 0.0864. The fourth-order valence-electron chi connectivity index (χ4n) is 4.75. The summed E-state index contributed by atoms with van der Waals surface area (Å²) in [5.74, 6) is 1.36. The number of amides is 2. The first-order chi connectivity index (χ1) is 15.7. The summed E-state index contributed by atoms with van der Waals surface area (Å²) in [6.45, 7) is 10.4. The minimum atomic E-state index is -0.674. The SMILES string of the molecule is COC(=O)N[C@H](C(=O)N1CCC[C@@]1(C)c1ncc(-c2ccc(C)c3cc(C)oc23)[nH]1)C(C)C. The van der Waals surface area contributed by atoms with Gasteiger partial charge in [0.05, 0.1) is 24.5 Å². The Balaban J connectivity index is 1.68. The second kappa shape index (κ2) is 8.57. The third-order valence-corrected chi connectivity index (χ3v) is 6.70. The van der Waals surface area contributed by atoms with E-state index in [1.165, 1.54) is 7.11 Å². The number of imidazole rings is 1. The molecule has 1 aliphatic rings. The number of carbonyl (C=O) groups excluding carboxylic acids is 2. The van der Waals surface area contributed by atoms with Gasteiger partial charge in [0.25, 0.3) is 0 Å². The number of likely N-dealkylation sites (tertiary alicyclic amines) is 1.